The third-order valence-electron chi connectivity index (χ3n) is 4.85. The molecule has 1 aliphatic rings. The van der Waals surface area contributed by atoms with Crippen LogP contribution in [0.1, 0.15) is 29.5 Å². The van der Waals surface area contributed by atoms with E-state index in [0.717, 1.165) is 37.6 Å². The summed E-state index contributed by atoms with van der Waals surface area (Å²) in [5, 5.41) is 0. The van der Waals surface area contributed by atoms with Crippen LogP contribution in [0.2, 0.25) is 0 Å². The van der Waals surface area contributed by atoms with Crippen LogP contribution in [0.5, 0.6) is 0 Å². The Bertz CT molecular complexity index is 722. The largest absolute Gasteiger partial charge is 0.416 e. The van der Waals surface area contributed by atoms with E-state index >= 15 is 0 Å². The summed E-state index contributed by atoms with van der Waals surface area (Å²) in [7, 11) is 2.00. The maximum atomic E-state index is 12.8. The topological polar surface area (TPSA) is 32.3 Å². The number of aryl methyl sites for hydroxylation is 1. The fourth-order valence-electron chi connectivity index (χ4n) is 3.30. The van der Waals surface area contributed by atoms with Gasteiger partial charge < -0.3 is 4.90 Å². The Labute approximate surface area is 151 Å². The van der Waals surface area contributed by atoms with Gasteiger partial charge in [0.15, 0.2) is 0 Å². The second-order valence-electron chi connectivity index (χ2n) is 6.88. The first-order chi connectivity index (χ1) is 12.3. The fourth-order valence-corrected chi connectivity index (χ4v) is 3.30. The van der Waals surface area contributed by atoms with Gasteiger partial charge in [-0.1, -0.05) is 18.2 Å². The third-order valence-corrected chi connectivity index (χ3v) is 4.85. The minimum absolute atomic E-state index is 0.343. The second kappa shape index (κ2) is 7.61. The zero-order chi connectivity index (χ0) is 18.7. The van der Waals surface area contributed by atoms with Crippen LogP contribution in [-0.2, 0) is 12.7 Å². The summed E-state index contributed by atoms with van der Waals surface area (Å²) < 4.78 is 38.5. The molecule has 0 bridgehead atoms. The highest BCUT2D eigenvalue weighted by Gasteiger charge is 2.30. The number of benzene rings is 1. The lowest BCUT2D eigenvalue weighted by Gasteiger charge is -2.36. The van der Waals surface area contributed by atoms with Crippen molar-refractivity contribution < 1.29 is 13.2 Å². The lowest BCUT2D eigenvalue weighted by molar-refractivity contribution is -0.137. The molecule has 0 amide bonds. The number of rotatable bonds is 4. The minimum Gasteiger partial charge on any atom is -0.341 e. The standard InChI is InChI=1S/C19H23F3N4/c1-14-11-23-18(24-12-14)25(2)17-6-8-26(9-7-17)13-15-4-3-5-16(10-15)19(20,21)22/h3-5,10-12,17H,6-9,13H2,1-2H3. The van der Waals surface area contributed by atoms with Gasteiger partial charge >= 0.3 is 6.18 Å². The third kappa shape index (κ3) is 4.52. The molecule has 0 atom stereocenters. The van der Waals surface area contributed by atoms with Crippen molar-refractivity contribution >= 4 is 5.95 Å². The van der Waals surface area contributed by atoms with Crippen molar-refractivity contribution in [3.8, 4) is 0 Å². The Hall–Kier alpha value is -2.15. The monoisotopic (exact) mass is 364 g/mol. The molecule has 0 aliphatic carbocycles. The molecular weight excluding hydrogens is 341 g/mol. The molecule has 0 spiro atoms. The van der Waals surface area contributed by atoms with E-state index in [1.807, 2.05) is 26.4 Å². The van der Waals surface area contributed by atoms with E-state index in [1.165, 1.54) is 12.1 Å². The lowest BCUT2D eigenvalue weighted by atomic mass is 10.0. The van der Waals surface area contributed by atoms with Gasteiger partial charge in [0.2, 0.25) is 5.95 Å². The number of hydrogen-bond donors (Lipinski definition) is 0. The van der Waals surface area contributed by atoms with Crippen LogP contribution in [0.4, 0.5) is 19.1 Å². The summed E-state index contributed by atoms with van der Waals surface area (Å²) in [5.41, 5.74) is 1.15. The first kappa shape index (κ1) is 18.6. The van der Waals surface area contributed by atoms with E-state index in [4.69, 9.17) is 0 Å². The van der Waals surface area contributed by atoms with Crippen molar-refractivity contribution in [2.24, 2.45) is 0 Å². The Morgan fingerprint density at radius 3 is 2.42 bits per heavy atom. The van der Waals surface area contributed by atoms with Crippen molar-refractivity contribution in [3.63, 3.8) is 0 Å². The van der Waals surface area contributed by atoms with E-state index in [1.54, 1.807) is 6.07 Å². The number of alkyl halides is 3. The van der Waals surface area contributed by atoms with E-state index in [2.05, 4.69) is 19.8 Å². The number of halogens is 3. The molecule has 2 aromatic rings. The lowest BCUT2D eigenvalue weighted by Crippen LogP contribution is -2.43. The molecule has 1 aromatic carbocycles. The van der Waals surface area contributed by atoms with Crippen molar-refractivity contribution in [1.29, 1.82) is 0 Å². The van der Waals surface area contributed by atoms with Gasteiger partial charge in [0.1, 0.15) is 0 Å². The van der Waals surface area contributed by atoms with Gasteiger partial charge in [-0.3, -0.25) is 4.90 Å². The molecule has 4 nitrogen and oxygen atoms in total. The number of aromatic nitrogens is 2. The summed E-state index contributed by atoms with van der Waals surface area (Å²) in [6.45, 7) is 4.19. The van der Waals surface area contributed by atoms with E-state index < -0.39 is 11.7 Å². The van der Waals surface area contributed by atoms with Gasteiger partial charge in [0.25, 0.3) is 0 Å². The highest BCUT2D eigenvalue weighted by Crippen LogP contribution is 2.30. The molecule has 0 N–H and O–H groups in total. The van der Waals surface area contributed by atoms with Crippen LogP contribution in [0.25, 0.3) is 0 Å². The summed E-state index contributed by atoms with van der Waals surface area (Å²) in [4.78, 5) is 13.0. The van der Waals surface area contributed by atoms with Gasteiger partial charge in [-0.25, -0.2) is 9.97 Å². The molecule has 1 fully saturated rings. The highest BCUT2D eigenvalue weighted by molar-refractivity contribution is 5.30. The zero-order valence-corrected chi connectivity index (χ0v) is 15.0. The molecule has 7 heteroatoms. The molecule has 26 heavy (non-hydrogen) atoms. The maximum Gasteiger partial charge on any atom is 0.416 e. The molecule has 3 rings (SSSR count). The predicted octanol–water partition coefficient (Wildman–Crippen LogP) is 3.90. The first-order valence-corrected chi connectivity index (χ1v) is 8.73. The normalized spacial score (nSPS) is 16.7. The van der Waals surface area contributed by atoms with Gasteiger partial charge in [-0.05, 0) is 37.0 Å². The summed E-state index contributed by atoms with van der Waals surface area (Å²) in [5.74, 6) is 0.715. The average Bonchev–Trinajstić information content (AvgIpc) is 2.62. The summed E-state index contributed by atoms with van der Waals surface area (Å²) >= 11 is 0. The molecule has 0 unspecified atom stereocenters. The molecule has 1 aromatic heterocycles. The van der Waals surface area contributed by atoms with Crippen LogP contribution in [0.15, 0.2) is 36.7 Å². The van der Waals surface area contributed by atoms with E-state index in [0.29, 0.717) is 24.1 Å². The van der Waals surface area contributed by atoms with Gasteiger partial charge in [-0.2, -0.15) is 13.2 Å². The number of anilines is 1. The first-order valence-electron chi connectivity index (χ1n) is 8.73. The van der Waals surface area contributed by atoms with Gasteiger partial charge in [0.05, 0.1) is 5.56 Å². The number of hydrogen-bond acceptors (Lipinski definition) is 4. The zero-order valence-electron chi connectivity index (χ0n) is 15.0. The van der Waals surface area contributed by atoms with Gasteiger partial charge in [0, 0.05) is 45.1 Å². The van der Waals surface area contributed by atoms with Crippen molar-refractivity contribution in [3.05, 3.63) is 53.3 Å². The predicted molar refractivity (Wildman–Crippen MR) is 94.9 cm³/mol. The highest BCUT2D eigenvalue weighted by atomic mass is 19.4. The quantitative estimate of drug-likeness (QED) is 0.824. The Kier molecular flexibility index (Phi) is 5.46. The fraction of sp³-hybridized carbons (Fsp3) is 0.474. The van der Waals surface area contributed by atoms with E-state index in [-0.39, 0.29) is 0 Å². The number of likely N-dealkylation sites (tertiary alicyclic amines) is 1. The van der Waals surface area contributed by atoms with Crippen molar-refractivity contribution in [2.45, 2.75) is 38.5 Å². The van der Waals surface area contributed by atoms with E-state index in [9.17, 15) is 13.2 Å². The van der Waals surface area contributed by atoms with Crippen LogP contribution in [0.3, 0.4) is 0 Å². The second-order valence-corrected chi connectivity index (χ2v) is 6.88. The average molecular weight is 364 g/mol. The Balaban J connectivity index is 1.56. The van der Waals surface area contributed by atoms with Gasteiger partial charge in [-0.15, -0.1) is 0 Å². The molecule has 1 saturated heterocycles. The number of nitrogens with zero attached hydrogens (tertiary/aromatic N) is 4. The molecule has 140 valence electrons. The SMILES string of the molecule is Cc1cnc(N(C)C2CCN(Cc3cccc(C(F)(F)F)c3)CC2)nc1. The Morgan fingerprint density at radius 2 is 1.81 bits per heavy atom. The van der Waals surface area contributed by atoms with Crippen LogP contribution >= 0.6 is 0 Å². The Morgan fingerprint density at radius 1 is 1.15 bits per heavy atom. The maximum absolute atomic E-state index is 12.8. The summed E-state index contributed by atoms with van der Waals surface area (Å²) in [6.07, 6.45) is 1.20. The minimum atomic E-state index is -4.29. The molecule has 0 radical (unpaired) electrons. The molecule has 2 heterocycles. The van der Waals surface area contributed by atoms with Crippen molar-refractivity contribution in [2.75, 3.05) is 25.0 Å². The molecule has 0 saturated carbocycles. The van der Waals surface area contributed by atoms with Crippen LogP contribution in [0, 0.1) is 6.92 Å². The smallest absolute Gasteiger partial charge is 0.341 e. The molecular formula is C19H23F3N4. The van der Waals surface area contributed by atoms with Crippen LogP contribution < -0.4 is 4.90 Å². The molecule has 1 aliphatic heterocycles. The van der Waals surface area contributed by atoms with Crippen molar-refractivity contribution in [1.82, 2.24) is 14.9 Å². The number of piperidine rings is 1. The van der Waals surface area contributed by atoms with Crippen LogP contribution in [-0.4, -0.2) is 41.0 Å². The summed E-state index contributed by atoms with van der Waals surface area (Å²) in [6, 6.07) is 5.95.